The van der Waals surface area contributed by atoms with Crippen molar-refractivity contribution in [1.82, 2.24) is 24.9 Å². The van der Waals surface area contributed by atoms with Gasteiger partial charge in [-0.15, -0.1) is 0 Å². The Bertz CT molecular complexity index is 1670. The molecule has 3 aromatic rings. The highest BCUT2D eigenvalue weighted by Gasteiger charge is 2.52. The van der Waals surface area contributed by atoms with Crippen LogP contribution in [0, 0.1) is 11.3 Å². The first kappa shape index (κ1) is 28.7. The van der Waals surface area contributed by atoms with E-state index in [-0.39, 0.29) is 48.0 Å². The van der Waals surface area contributed by atoms with Crippen LogP contribution in [0.3, 0.4) is 0 Å². The third-order valence-electron chi connectivity index (χ3n) is 8.87. The number of amides is 3. The van der Waals surface area contributed by atoms with Gasteiger partial charge in [0.15, 0.2) is 5.60 Å². The summed E-state index contributed by atoms with van der Waals surface area (Å²) in [6, 6.07) is 13.9. The number of ether oxygens (including phenoxy) is 1. The molecule has 11 heteroatoms. The number of hydrogen-bond donors (Lipinski definition) is 1. The average molecular weight is 601 g/mol. The highest BCUT2D eigenvalue weighted by molar-refractivity contribution is 6.31. The van der Waals surface area contributed by atoms with Crippen LogP contribution in [0.1, 0.15) is 88.9 Å². The van der Waals surface area contributed by atoms with E-state index in [2.05, 4.69) is 5.32 Å². The zero-order valence-electron chi connectivity index (χ0n) is 24.6. The molecule has 2 aliphatic heterocycles. The lowest BCUT2D eigenvalue weighted by Crippen LogP contribution is -2.45. The van der Waals surface area contributed by atoms with Gasteiger partial charge in [-0.05, 0) is 56.7 Å². The van der Waals surface area contributed by atoms with Gasteiger partial charge in [0.2, 0.25) is 0 Å². The number of likely N-dealkylation sites (N-methyl/N-ethyl adjacent to an activating group) is 1. The minimum Gasteiger partial charge on any atom is -0.477 e. The van der Waals surface area contributed by atoms with Gasteiger partial charge in [-0.2, -0.15) is 10.4 Å². The van der Waals surface area contributed by atoms with Crippen LogP contribution < -0.4 is 10.1 Å². The van der Waals surface area contributed by atoms with Gasteiger partial charge in [-0.1, -0.05) is 23.7 Å². The number of halogens is 1. The monoisotopic (exact) mass is 600 g/mol. The van der Waals surface area contributed by atoms with Crippen LogP contribution in [0.15, 0.2) is 42.5 Å². The molecule has 0 saturated heterocycles. The smallest absolute Gasteiger partial charge is 0.273 e. The fraction of sp³-hybridized carbons (Fsp3) is 0.406. The van der Waals surface area contributed by atoms with Crippen molar-refractivity contribution in [2.75, 3.05) is 13.6 Å². The Morgan fingerprint density at radius 2 is 1.88 bits per heavy atom. The van der Waals surface area contributed by atoms with Crippen LogP contribution >= 0.6 is 11.6 Å². The molecule has 2 aromatic carbocycles. The van der Waals surface area contributed by atoms with Gasteiger partial charge in [-0.3, -0.25) is 19.1 Å². The average Bonchev–Trinajstić information content (AvgIpc) is 3.69. The van der Waals surface area contributed by atoms with E-state index < -0.39 is 5.60 Å². The molecular weight excluding hydrogens is 568 g/mol. The Morgan fingerprint density at radius 1 is 1.16 bits per heavy atom. The molecule has 1 aliphatic carbocycles. The Morgan fingerprint density at radius 3 is 2.53 bits per heavy atom. The van der Waals surface area contributed by atoms with Crippen molar-refractivity contribution in [3.63, 3.8) is 0 Å². The number of nitrogens with zero attached hydrogens (tertiary/aromatic N) is 5. The first-order chi connectivity index (χ1) is 20.6. The van der Waals surface area contributed by atoms with E-state index in [0.29, 0.717) is 47.8 Å². The van der Waals surface area contributed by atoms with Gasteiger partial charge in [0.05, 0.1) is 34.9 Å². The standard InChI is InChI=1S/C32H33ClN6O4/c1-18-13-27-25(17-37(18)29(40)22-7-10-26(33)23(14-22)15-34)28-30(41)38(16-19(2)39(28)36-27)20(3)21-5-8-24(9-6-21)43-32(11-12-32)31(42)35-4/h5-10,14,18-20H,11-13,16-17H2,1-4H3,(H,35,42)/t18-,19-,20-/m1/s1. The molecule has 0 radical (unpaired) electrons. The number of nitrogens with one attached hydrogen (secondary N) is 1. The molecule has 1 saturated carbocycles. The molecule has 3 aliphatic rings. The van der Waals surface area contributed by atoms with Gasteiger partial charge in [-0.25, -0.2) is 0 Å². The van der Waals surface area contributed by atoms with E-state index in [1.807, 2.05) is 60.7 Å². The second-order valence-electron chi connectivity index (χ2n) is 11.7. The van der Waals surface area contributed by atoms with Crippen LogP contribution in [0.4, 0.5) is 0 Å². The van der Waals surface area contributed by atoms with E-state index >= 15 is 0 Å². The fourth-order valence-electron chi connectivity index (χ4n) is 6.14. The van der Waals surface area contributed by atoms with Crippen molar-refractivity contribution < 1.29 is 19.1 Å². The van der Waals surface area contributed by atoms with Crippen LogP contribution in [0.2, 0.25) is 5.02 Å². The summed E-state index contributed by atoms with van der Waals surface area (Å²) in [5.74, 6) is 0.146. The topological polar surface area (TPSA) is 121 Å². The highest BCUT2D eigenvalue weighted by atomic mass is 35.5. The lowest BCUT2D eigenvalue weighted by molar-refractivity contribution is -0.129. The SMILES string of the molecule is CNC(=O)C1(Oc2ccc([C@@H](C)N3C[C@@H](C)n4nc5c(c4C3=O)CN(C(=O)c3ccc(Cl)c(C#N)c3)[C@H](C)C5)cc2)CC1. The Balaban J connectivity index is 1.24. The fourth-order valence-corrected chi connectivity index (χ4v) is 6.30. The maximum absolute atomic E-state index is 14.1. The summed E-state index contributed by atoms with van der Waals surface area (Å²) in [6.07, 6.45) is 1.89. The first-order valence-electron chi connectivity index (χ1n) is 14.5. The zero-order chi connectivity index (χ0) is 30.6. The molecule has 10 nitrogen and oxygen atoms in total. The molecule has 43 heavy (non-hydrogen) atoms. The summed E-state index contributed by atoms with van der Waals surface area (Å²) >= 11 is 6.09. The quantitative estimate of drug-likeness (QED) is 0.447. The maximum atomic E-state index is 14.1. The molecule has 6 rings (SSSR count). The lowest BCUT2D eigenvalue weighted by atomic mass is 9.96. The molecule has 3 amide bonds. The maximum Gasteiger partial charge on any atom is 0.273 e. The third kappa shape index (κ3) is 4.91. The van der Waals surface area contributed by atoms with Gasteiger partial charge < -0.3 is 19.9 Å². The molecule has 0 bridgehead atoms. The van der Waals surface area contributed by atoms with Gasteiger partial charge in [0, 0.05) is 50.0 Å². The Labute approximate surface area is 255 Å². The van der Waals surface area contributed by atoms with Gasteiger partial charge in [0.25, 0.3) is 17.7 Å². The van der Waals surface area contributed by atoms with E-state index in [1.54, 1.807) is 24.1 Å². The van der Waals surface area contributed by atoms with E-state index in [0.717, 1.165) is 16.8 Å². The number of carbonyl (C=O) groups is 3. The second kappa shape index (κ2) is 10.7. The molecule has 0 unspecified atom stereocenters. The number of hydrogen-bond acceptors (Lipinski definition) is 6. The predicted octanol–water partition coefficient (Wildman–Crippen LogP) is 4.43. The molecule has 0 spiro atoms. The third-order valence-corrected chi connectivity index (χ3v) is 9.20. The number of benzene rings is 2. The van der Waals surface area contributed by atoms with E-state index in [9.17, 15) is 19.6 Å². The minimum absolute atomic E-state index is 0.0560. The molecule has 1 fully saturated rings. The van der Waals surface area contributed by atoms with Crippen LogP contribution in [-0.4, -0.2) is 62.5 Å². The number of aromatic nitrogens is 2. The van der Waals surface area contributed by atoms with Crippen molar-refractivity contribution in [3.05, 3.63) is 81.1 Å². The molecular formula is C32H33ClN6O4. The lowest BCUT2D eigenvalue weighted by Gasteiger charge is -2.37. The van der Waals surface area contributed by atoms with Crippen molar-refractivity contribution in [2.24, 2.45) is 0 Å². The highest BCUT2D eigenvalue weighted by Crippen LogP contribution is 2.41. The summed E-state index contributed by atoms with van der Waals surface area (Å²) in [4.78, 5) is 43.4. The summed E-state index contributed by atoms with van der Waals surface area (Å²) in [6.45, 7) is 6.74. The normalized spacial score (nSPS) is 20.9. The van der Waals surface area contributed by atoms with Crippen molar-refractivity contribution in [1.29, 1.82) is 5.26 Å². The largest absolute Gasteiger partial charge is 0.477 e. The minimum atomic E-state index is -0.782. The van der Waals surface area contributed by atoms with Crippen LogP contribution in [-0.2, 0) is 17.8 Å². The van der Waals surface area contributed by atoms with Crippen LogP contribution in [0.5, 0.6) is 5.75 Å². The van der Waals surface area contributed by atoms with Crippen molar-refractivity contribution >= 4 is 29.3 Å². The Kier molecular flexibility index (Phi) is 7.17. The van der Waals surface area contributed by atoms with Crippen molar-refractivity contribution in [2.45, 2.75) is 70.3 Å². The molecule has 3 heterocycles. The molecule has 222 valence electrons. The van der Waals surface area contributed by atoms with Crippen molar-refractivity contribution in [3.8, 4) is 11.8 Å². The molecule has 3 atom stereocenters. The molecule has 1 N–H and O–H groups in total. The number of carbonyl (C=O) groups excluding carboxylic acids is 3. The molecule has 1 aromatic heterocycles. The summed E-state index contributed by atoms with van der Waals surface area (Å²) < 4.78 is 7.83. The summed E-state index contributed by atoms with van der Waals surface area (Å²) in [5, 5.41) is 17.2. The first-order valence-corrected chi connectivity index (χ1v) is 14.9. The zero-order valence-corrected chi connectivity index (χ0v) is 25.3. The Hall–Kier alpha value is -4.36. The number of fused-ring (bicyclic) bond motifs is 3. The predicted molar refractivity (Wildman–Crippen MR) is 159 cm³/mol. The van der Waals surface area contributed by atoms with E-state index in [1.165, 1.54) is 6.07 Å². The second-order valence-corrected chi connectivity index (χ2v) is 12.1. The van der Waals surface area contributed by atoms with Crippen LogP contribution in [0.25, 0.3) is 0 Å². The number of nitriles is 1. The van der Waals surface area contributed by atoms with Gasteiger partial charge >= 0.3 is 0 Å². The number of rotatable bonds is 6. The summed E-state index contributed by atoms with van der Waals surface area (Å²) in [5.41, 5.74) is 2.90. The summed E-state index contributed by atoms with van der Waals surface area (Å²) in [7, 11) is 1.61. The van der Waals surface area contributed by atoms with Gasteiger partial charge in [0.1, 0.15) is 17.5 Å². The van der Waals surface area contributed by atoms with E-state index in [4.69, 9.17) is 21.4 Å².